The van der Waals surface area contributed by atoms with E-state index in [1.807, 2.05) is 31.2 Å². The quantitative estimate of drug-likeness (QED) is 0.312. The third-order valence-electron chi connectivity index (χ3n) is 8.93. The minimum absolute atomic E-state index is 0.00698. The highest BCUT2D eigenvalue weighted by molar-refractivity contribution is 6.02. The number of ether oxygens (including phenoxy) is 1. The molecule has 5 rings (SSSR count). The molecule has 228 valence electrons. The van der Waals surface area contributed by atoms with Gasteiger partial charge in [-0.05, 0) is 55.6 Å². The number of nitrogens with one attached hydrogen (secondary N) is 1. The van der Waals surface area contributed by atoms with Gasteiger partial charge in [-0.15, -0.1) is 0 Å². The summed E-state index contributed by atoms with van der Waals surface area (Å²) in [5.74, 6) is 0.184. The summed E-state index contributed by atoms with van der Waals surface area (Å²) in [7, 11) is 2.08. The van der Waals surface area contributed by atoms with Gasteiger partial charge in [-0.25, -0.2) is 0 Å². The van der Waals surface area contributed by atoms with Crippen LogP contribution in [0.15, 0.2) is 72.8 Å². The molecule has 3 aromatic carbocycles. The van der Waals surface area contributed by atoms with Crippen molar-refractivity contribution in [3.05, 3.63) is 83.9 Å². The molecule has 1 aliphatic carbocycles. The second-order valence-electron chi connectivity index (χ2n) is 12.4. The summed E-state index contributed by atoms with van der Waals surface area (Å²) in [5.41, 5.74) is 4.54. The Balaban J connectivity index is 1.37. The van der Waals surface area contributed by atoms with Crippen molar-refractivity contribution in [1.29, 1.82) is 0 Å². The van der Waals surface area contributed by atoms with Gasteiger partial charge in [0.05, 0.1) is 23.9 Å². The normalized spacial score (nSPS) is 20.1. The zero-order valence-electron chi connectivity index (χ0n) is 25.7. The first-order valence-corrected chi connectivity index (χ1v) is 15.7. The van der Waals surface area contributed by atoms with Crippen molar-refractivity contribution >= 4 is 17.5 Å². The Bertz CT molecular complexity index is 1370. The molecule has 0 bridgehead atoms. The zero-order valence-corrected chi connectivity index (χ0v) is 25.7. The maximum Gasteiger partial charge on any atom is 0.258 e. The van der Waals surface area contributed by atoms with E-state index >= 15 is 0 Å². The summed E-state index contributed by atoms with van der Waals surface area (Å²) in [4.78, 5) is 31.0. The maximum absolute atomic E-state index is 13.8. The molecule has 1 heterocycles. The number of aliphatic hydroxyl groups excluding tert-OH is 1. The lowest BCUT2D eigenvalue weighted by molar-refractivity contribution is -0.120. The molecule has 2 aliphatic rings. The molecule has 3 aromatic rings. The second kappa shape index (κ2) is 14.2. The average molecular weight is 584 g/mol. The van der Waals surface area contributed by atoms with Gasteiger partial charge in [-0.3, -0.25) is 14.5 Å². The van der Waals surface area contributed by atoms with Gasteiger partial charge in [0.1, 0.15) is 6.10 Å². The molecule has 0 unspecified atom stereocenters. The predicted octanol–water partition coefficient (Wildman–Crippen LogP) is 6.22. The van der Waals surface area contributed by atoms with Crippen LogP contribution in [0, 0.1) is 11.8 Å². The Morgan fingerprint density at radius 1 is 1.00 bits per heavy atom. The molecule has 1 saturated carbocycles. The highest BCUT2D eigenvalue weighted by atomic mass is 16.5. The summed E-state index contributed by atoms with van der Waals surface area (Å²) < 4.78 is 6.72. The van der Waals surface area contributed by atoms with Gasteiger partial charge in [0, 0.05) is 31.5 Å². The topological polar surface area (TPSA) is 82.1 Å². The van der Waals surface area contributed by atoms with E-state index in [1.54, 1.807) is 17.0 Å². The molecule has 43 heavy (non-hydrogen) atoms. The van der Waals surface area contributed by atoms with Gasteiger partial charge in [-0.1, -0.05) is 86.8 Å². The van der Waals surface area contributed by atoms with Crippen molar-refractivity contribution in [3.63, 3.8) is 0 Å². The zero-order chi connectivity index (χ0) is 30.3. The molecule has 2 amide bonds. The number of nitrogens with zero attached hydrogens (tertiary/aromatic N) is 2. The first kappa shape index (κ1) is 30.8. The minimum atomic E-state index is -0.345. The number of para-hydroxylation sites is 1. The summed E-state index contributed by atoms with van der Waals surface area (Å²) in [6, 6.07) is 24.0. The van der Waals surface area contributed by atoms with Crippen molar-refractivity contribution in [1.82, 2.24) is 9.80 Å². The molecular formula is C36H45N3O4. The maximum atomic E-state index is 13.8. The number of amides is 2. The van der Waals surface area contributed by atoms with E-state index in [0.29, 0.717) is 30.1 Å². The molecule has 0 aromatic heterocycles. The van der Waals surface area contributed by atoms with Gasteiger partial charge in [-0.2, -0.15) is 0 Å². The van der Waals surface area contributed by atoms with Crippen LogP contribution in [-0.4, -0.2) is 65.6 Å². The fourth-order valence-corrected chi connectivity index (χ4v) is 6.28. The molecule has 0 spiro atoms. The molecule has 0 radical (unpaired) electrons. The number of aliphatic hydroxyl groups is 1. The molecule has 0 saturated heterocycles. The number of likely N-dealkylation sites (N-methyl/N-ethyl adjacent to an activating group) is 1. The Kier molecular flexibility index (Phi) is 10.2. The van der Waals surface area contributed by atoms with E-state index in [0.717, 1.165) is 32.2 Å². The number of fused-ring (bicyclic) bond motifs is 1. The number of carbonyl (C=O) groups is 2. The van der Waals surface area contributed by atoms with Gasteiger partial charge in [0.25, 0.3) is 5.91 Å². The van der Waals surface area contributed by atoms with Crippen LogP contribution >= 0.6 is 0 Å². The smallest absolute Gasteiger partial charge is 0.258 e. The van der Waals surface area contributed by atoms with E-state index in [1.165, 1.54) is 23.1 Å². The lowest BCUT2D eigenvalue weighted by atomic mass is 9.88. The Morgan fingerprint density at radius 3 is 2.40 bits per heavy atom. The highest BCUT2D eigenvalue weighted by Crippen LogP contribution is 2.36. The number of hydrogen-bond acceptors (Lipinski definition) is 5. The SMILES string of the molecule is C[C@H]1CN([C@@H](C)CO)C(=O)c2cccc(NC(=O)C3CCCCC3)c2O[C@H]1CN(C)Cc1ccc(-c2ccccc2)cc1. The van der Waals surface area contributed by atoms with Crippen LogP contribution in [0.2, 0.25) is 0 Å². The number of anilines is 1. The molecule has 7 nitrogen and oxygen atoms in total. The summed E-state index contributed by atoms with van der Waals surface area (Å²) in [6.45, 7) is 5.65. The van der Waals surface area contributed by atoms with E-state index in [-0.39, 0.29) is 42.4 Å². The average Bonchev–Trinajstić information content (AvgIpc) is 3.03. The molecule has 3 atom stereocenters. The molecule has 1 fully saturated rings. The Morgan fingerprint density at radius 2 is 1.70 bits per heavy atom. The van der Waals surface area contributed by atoms with Crippen molar-refractivity contribution in [3.8, 4) is 16.9 Å². The van der Waals surface area contributed by atoms with E-state index in [2.05, 4.69) is 60.6 Å². The van der Waals surface area contributed by atoms with Crippen LogP contribution in [0.1, 0.15) is 61.9 Å². The first-order chi connectivity index (χ1) is 20.8. The van der Waals surface area contributed by atoms with E-state index in [9.17, 15) is 14.7 Å². The van der Waals surface area contributed by atoms with Crippen LogP contribution in [-0.2, 0) is 11.3 Å². The lowest BCUT2D eigenvalue weighted by Crippen LogP contribution is -2.49. The first-order valence-electron chi connectivity index (χ1n) is 15.7. The lowest BCUT2D eigenvalue weighted by Gasteiger charge is -2.38. The largest absolute Gasteiger partial charge is 0.486 e. The van der Waals surface area contributed by atoms with Crippen molar-refractivity contribution in [2.75, 3.05) is 32.1 Å². The summed E-state index contributed by atoms with van der Waals surface area (Å²) >= 11 is 0. The van der Waals surface area contributed by atoms with Crippen LogP contribution in [0.3, 0.4) is 0 Å². The van der Waals surface area contributed by atoms with Crippen LogP contribution in [0.4, 0.5) is 5.69 Å². The molecule has 7 heteroatoms. The summed E-state index contributed by atoms with van der Waals surface area (Å²) in [6.07, 6.45) is 4.83. The van der Waals surface area contributed by atoms with Crippen molar-refractivity contribution in [2.24, 2.45) is 11.8 Å². The standard InChI is InChI=1S/C36H45N3O4/c1-25-21-39(26(2)24-40)36(42)31-15-10-16-32(37-35(41)30-13-8-5-9-14-30)34(31)43-33(25)23-38(3)22-27-17-19-29(20-18-27)28-11-6-4-7-12-28/h4,6-7,10-12,15-20,25-26,30,33,40H,5,8-9,13-14,21-24H2,1-3H3,(H,37,41)/t25-,26-,33-/m0/s1. The van der Waals surface area contributed by atoms with Crippen LogP contribution in [0.5, 0.6) is 5.75 Å². The third kappa shape index (κ3) is 7.46. The van der Waals surface area contributed by atoms with Gasteiger partial charge in [0.2, 0.25) is 5.91 Å². The fourth-order valence-electron chi connectivity index (χ4n) is 6.28. The Hall–Kier alpha value is -3.68. The van der Waals surface area contributed by atoms with Crippen LogP contribution in [0.25, 0.3) is 11.1 Å². The van der Waals surface area contributed by atoms with E-state index < -0.39 is 0 Å². The fraction of sp³-hybridized carbons (Fsp3) is 0.444. The Labute approximate surface area is 255 Å². The van der Waals surface area contributed by atoms with Gasteiger partial charge >= 0.3 is 0 Å². The second-order valence-corrected chi connectivity index (χ2v) is 12.4. The number of rotatable bonds is 9. The summed E-state index contributed by atoms with van der Waals surface area (Å²) in [5, 5.41) is 13.1. The van der Waals surface area contributed by atoms with Gasteiger partial charge < -0.3 is 20.1 Å². The van der Waals surface area contributed by atoms with E-state index in [4.69, 9.17) is 4.74 Å². The monoisotopic (exact) mass is 583 g/mol. The molecule has 2 N–H and O–H groups in total. The van der Waals surface area contributed by atoms with Crippen molar-refractivity contribution < 1.29 is 19.4 Å². The minimum Gasteiger partial charge on any atom is -0.486 e. The molecular weight excluding hydrogens is 538 g/mol. The van der Waals surface area contributed by atoms with Crippen LogP contribution < -0.4 is 10.1 Å². The predicted molar refractivity (Wildman–Crippen MR) is 171 cm³/mol. The number of benzene rings is 3. The molecule has 1 aliphatic heterocycles. The number of carbonyl (C=O) groups excluding carboxylic acids is 2. The van der Waals surface area contributed by atoms with Crippen molar-refractivity contribution in [2.45, 2.75) is 64.6 Å². The third-order valence-corrected chi connectivity index (χ3v) is 8.93. The van der Waals surface area contributed by atoms with Gasteiger partial charge in [0.15, 0.2) is 5.75 Å². The number of hydrogen-bond donors (Lipinski definition) is 2. The highest BCUT2D eigenvalue weighted by Gasteiger charge is 2.35.